The number of hydrogen-bond donors (Lipinski definition) is 1. The lowest BCUT2D eigenvalue weighted by atomic mass is 9.73. The van der Waals surface area contributed by atoms with Gasteiger partial charge in [-0.1, -0.05) is 6.42 Å². The van der Waals surface area contributed by atoms with E-state index in [0.29, 0.717) is 12.5 Å². The zero-order valence-corrected chi connectivity index (χ0v) is 9.31. The molecule has 0 spiro atoms. The first-order valence-corrected chi connectivity index (χ1v) is 5.01. The van der Waals surface area contributed by atoms with Crippen LogP contribution < -0.4 is 5.73 Å². The van der Waals surface area contributed by atoms with Gasteiger partial charge in [0.2, 0.25) is 0 Å². The Kier molecular flexibility index (Phi) is 3.43. The van der Waals surface area contributed by atoms with Crippen LogP contribution in [0.15, 0.2) is 0 Å². The minimum absolute atomic E-state index is 0. The summed E-state index contributed by atoms with van der Waals surface area (Å²) in [5.74, 6) is 1.14. The molecule has 0 radical (unpaired) electrons. The predicted octanol–water partition coefficient (Wildman–Crippen LogP) is 1.35. The van der Waals surface area contributed by atoms with Crippen molar-refractivity contribution in [3.63, 3.8) is 0 Å². The van der Waals surface area contributed by atoms with E-state index in [-0.39, 0.29) is 23.8 Å². The fraction of sp³-hybridized carbons (Fsp3) is 0.900. The number of methoxy groups -OCH3 is 1. The van der Waals surface area contributed by atoms with Gasteiger partial charge in [0, 0.05) is 6.54 Å². The smallest absolute Gasteiger partial charge is 0.313 e. The summed E-state index contributed by atoms with van der Waals surface area (Å²) in [5.41, 5.74) is 5.41. The lowest BCUT2D eigenvalue weighted by Gasteiger charge is -2.33. The second kappa shape index (κ2) is 4.07. The Balaban J connectivity index is 0.000000980. The molecule has 2 fully saturated rings. The molecule has 2 N–H and O–H groups in total. The molecule has 2 bridgehead atoms. The topological polar surface area (TPSA) is 52.3 Å². The number of halogens is 1. The summed E-state index contributed by atoms with van der Waals surface area (Å²) in [5, 5.41) is 0. The molecule has 4 heteroatoms. The van der Waals surface area contributed by atoms with E-state index >= 15 is 0 Å². The number of rotatable bonds is 2. The van der Waals surface area contributed by atoms with Gasteiger partial charge >= 0.3 is 5.97 Å². The number of carbonyl (C=O) groups excluding carboxylic acids is 1. The third-order valence-electron chi connectivity index (χ3n) is 3.93. The van der Waals surface area contributed by atoms with Crippen molar-refractivity contribution >= 4 is 18.4 Å². The maximum atomic E-state index is 11.7. The number of fused-ring (bicyclic) bond motifs is 2. The van der Waals surface area contributed by atoms with Gasteiger partial charge < -0.3 is 10.5 Å². The normalized spacial score (nSPS) is 39.3. The summed E-state index contributed by atoms with van der Waals surface area (Å²) in [7, 11) is 1.46. The van der Waals surface area contributed by atoms with Gasteiger partial charge in [0.25, 0.3) is 0 Å². The number of carbonyl (C=O) groups is 1. The van der Waals surface area contributed by atoms with Crippen LogP contribution in [0.5, 0.6) is 0 Å². The van der Waals surface area contributed by atoms with Gasteiger partial charge in [-0.05, 0) is 31.1 Å². The summed E-state index contributed by atoms with van der Waals surface area (Å²) in [6.07, 6.45) is 4.59. The molecule has 2 rings (SSSR count). The fourth-order valence-electron chi connectivity index (χ4n) is 3.23. The molecule has 2 aliphatic rings. The van der Waals surface area contributed by atoms with Crippen molar-refractivity contribution in [2.45, 2.75) is 25.7 Å². The van der Waals surface area contributed by atoms with Crippen LogP contribution in [0.3, 0.4) is 0 Å². The van der Waals surface area contributed by atoms with Crippen molar-refractivity contribution in [1.82, 2.24) is 0 Å². The third kappa shape index (κ3) is 1.43. The number of nitrogens with two attached hydrogens (primary N) is 1. The molecule has 2 aliphatic carbocycles. The first kappa shape index (κ1) is 11.8. The molecule has 0 aromatic heterocycles. The minimum atomic E-state index is -0.322. The van der Waals surface area contributed by atoms with Crippen LogP contribution in [-0.2, 0) is 9.53 Å². The van der Waals surface area contributed by atoms with Crippen molar-refractivity contribution in [3.05, 3.63) is 0 Å². The van der Waals surface area contributed by atoms with Gasteiger partial charge in [0.15, 0.2) is 0 Å². The highest BCUT2D eigenvalue weighted by Crippen LogP contribution is 2.55. The molecular formula is C10H18ClNO2. The highest BCUT2D eigenvalue weighted by atomic mass is 35.5. The first-order valence-electron chi connectivity index (χ1n) is 5.01. The number of ether oxygens (including phenoxy) is 1. The van der Waals surface area contributed by atoms with Crippen LogP contribution in [0.25, 0.3) is 0 Å². The van der Waals surface area contributed by atoms with Gasteiger partial charge in [-0.3, -0.25) is 4.79 Å². The largest absolute Gasteiger partial charge is 0.469 e. The van der Waals surface area contributed by atoms with E-state index in [4.69, 9.17) is 10.5 Å². The SMILES string of the molecule is COC(=O)C1(CN)CC2CCC1C2.Cl. The lowest BCUT2D eigenvalue weighted by Crippen LogP contribution is -2.43. The Hall–Kier alpha value is -0.280. The quantitative estimate of drug-likeness (QED) is 0.714. The Labute approximate surface area is 90.8 Å². The summed E-state index contributed by atoms with van der Waals surface area (Å²) in [6.45, 7) is 0.459. The van der Waals surface area contributed by atoms with Gasteiger partial charge in [-0.15, -0.1) is 12.4 Å². The lowest BCUT2D eigenvalue weighted by molar-refractivity contribution is -0.155. The van der Waals surface area contributed by atoms with Gasteiger partial charge in [0.1, 0.15) is 0 Å². The Morgan fingerprint density at radius 3 is 2.64 bits per heavy atom. The third-order valence-corrected chi connectivity index (χ3v) is 3.93. The molecular weight excluding hydrogens is 202 g/mol. The molecule has 0 saturated heterocycles. The van der Waals surface area contributed by atoms with Crippen LogP contribution in [-0.4, -0.2) is 19.6 Å². The monoisotopic (exact) mass is 219 g/mol. The molecule has 3 unspecified atom stereocenters. The van der Waals surface area contributed by atoms with E-state index in [1.165, 1.54) is 20.0 Å². The molecule has 2 saturated carbocycles. The van der Waals surface area contributed by atoms with Gasteiger partial charge in [0.05, 0.1) is 12.5 Å². The standard InChI is InChI=1S/C10H17NO2.ClH/c1-13-9(12)10(6-11)5-7-2-3-8(10)4-7;/h7-8H,2-6,11H2,1H3;1H. The Morgan fingerprint density at radius 1 is 1.57 bits per heavy atom. The summed E-state index contributed by atoms with van der Waals surface area (Å²) in [4.78, 5) is 11.7. The fourth-order valence-corrected chi connectivity index (χ4v) is 3.23. The highest BCUT2D eigenvalue weighted by molar-refractivity contribution is 5.85. The number of esters is 1. The van der Waals surface area contributed by atoms with Crippen molar-refractivity contribution in [2.75, 3.05) is 13.7 Å². The van der Waals surface area contributed by atoms with Crippen molar-refractivity contribution < 1.29 is 9.53 Å². The van der Waals surface area contributed by atoms with Crippen molar-refractivity contribution in [3.8, 4) is 0 Å². The van der Waals surface area contributed by atoms with Crippen LogP contribution in [0.1, 0.15) is 25.7 Å². The zero-order valence-electron chi connectivity index (χ0n) is 8.49. The van der Waals surface area contributed by atoms with E-state index in [9.17, 15) is 4.79 Å². The maximum Gasteiger partial charge on any atom is 0.313 e. The van der Waals surface area contributed by atoms with Gasteiger partial charge in [-0.2, -0.15) is 0 Å². The minimum Gasteiger partial charge on any atom is -0.469 e. The average molecular weight is 220 g/mol. The summed E-state index contributed by atoms with van der Waals surface area (Å²) >= 11 is 0. The summed E-state index contributed by atoms with van der Waals surface area (Å²) in [6, 6.07) is 0. The van der Waals surface area contributed by atoms with E-state index < -0.39 is 0 Å². The van der Waals surface area contributed by atoms with E-state index in [0.717, 1.165) is 18.8 Å². The first-order chi connectivity index (χ1) is 6.23. The zero-order chi connectivity index (χ0) is 9.47. The molecule has 3 nitrogen and oxygen atoms in total. The molecule has 0 aromatic carbocycles. The molecule has 0 aromatic rings. The molecule has 3 atom stereocenters. The second-order valence-electron chi connectivity index (χ2n) is 4.43. The van der Waals surface area contributed by atoms with Crippen LogP contribution >= 0.6 is 12.4 Å². The van der Waals surface area contributed by atoms with E-state index in [1.54, 1.807) is 0 Å². The van der Waals surface area contributed by atoms with E-state index in [1.807, 2.05) is 0 Å². The van der Waals surface area contributed by atoms with Crippen molar-refractivity contribution in [1.29, 1.82) is 0 Å². The van der Waals surface area contributed by atoms with Crippen molar-refractivity contribution in [2.24, 2.45) is 23.0 Å². The summed E-state index contributed by atoms with van der Waals surface area (Å²) < 4.78 is 4.86. The number of hydrogen-bond acceptors (Lipinski definition) is 3. The second-order valence-corrected chi connectivity index (χ2v) is 4.43. The van der Waals surface area contributed by atoms with Gasteiger partial charge in [-0.25, -0.2) is 0 Å². The highest BCUT2D eigenvalue weighted by Gasteiger charge is 2.55. The van der Waals surface area contributed by atoms with Crippen LogP contribution in [0, 0.1) is 17.3 Å². The Morgan fingerprint density at radius 2 is 2.29 bits per heavy atom. The van der Waals surface area contributed by atoms with Crippen LogP contribution in [0.2, 0.25) is 0 Å². The predicted molar refractivity (Wildman–Crippen MR) is 56.2 cm³/mol. The van der Waals surface area contributed by atoms with E-state index in [2.05, 4.69) is 0 Å². The molecule has 0 aliphatic heterocycles. The average Bonchev–Trinajstić information content (AvgIpc) is 2.75. The molecule has 0 heterocycles. The molecule has 0 amide bonds. The van der Waals surface area contributed by atoms with Crippen LogP contribution in [0.4, 0.5) is 0 Å². The maximum absolute atomic E-state index is 11.7. The molecule has 14 heavy (non-hydrogen) atoms. The molecule has 82 valence electrons. The Bertz CT molecular complexity index is 234.